The van der Waals surface area contributed by atoms with E-state index >= 15 is 0 Å². The topological polar surface area (TPSA) is 95.9 Å². The lowest BCUT2D eigenvalue weighted by molar-refractivity contribution is -0.145. The zero-order valence-corrected chi connectivity index (χ0v) is 21.7. The maximum Gasteiger partial charge on any atom is 0.351 e. The quantitative estimate of drug-likeness (QED) is 0.415. The number of carbonyl (C=O) groups is 2. The van der Waals surface area contributed by atoms with Gasteiger partial charge in [-0.2, -0.15) is 0 Å². The molecule has 0 N–H and O–H groups in total. The lowest BCUT2D eigenvalue weighted by atomic mass is 10.0. The molecule has 1 aromatic carbocycles. The second-order valence-corrected chi connectivity index (χ2v) is 9.28. The average molecular weight is 563 g/mol. The largest absolute Gasteiger partial charge is 0.489 e. The molecule has 0 radical (unpaired) electrons. The average Bonchev–Trinajstić information content (AvgIpc) is 3.40. The number of esters is 2. The molecule has 0 saturated carbocycles. The number of hydrogen-bond donors (Lipinski definition) is 0. The Morgan fingerprint density at radius 2 is 2.09 bits per heavy atom. The number of fused-ring (bicyclic) bond motifs is 1. The van der Waals surface area contributed by atoms with E-state index in [0.717, 1.165) is 21.7 Å². The van der Waals surface area contributed by atoms with E-state index < -0.39 is 11.9 Å². The first-order valence-corrected chi connectivity index (χ1v) is 12.3. The molecule has 1 unspecified atom stereocenters. The molecule has 1 aliphatic heterocycles. The summed E-state index contributed by atoms with van der Waals surface area (Å²) in [6.07, 6.45) is 5.91. The maximum atomic E-state index is 12.4. The third kappa shape index (κ3) is 5.58. The molecule has 4 rings (SSSR count). The van der Waals surface area contributed by atoms with E-state index in [1.807, 2.05) is 49.5 Å². The second kappa shape index (κ2) is 11.1. The molecule has 0 bridgehead atoms. The minimum atomic E-state index is -0.562. The number of nitrogens with zero attached hydrogens (tertiary/aromatic N) is 2. The van der Waals surface area contributed by atoms with Crippen molar-refractivity contribution in [1.82, 2.24) is 5.06 Å². The number of oxime groups is 1. The van der Waals surface area contributed by atoms with Gasteiger partial charge in [0.1, 0.15) is 24.1 Å². The first-order chi connectivity index (χ1) is 16.9. The van der Waals surface area contributed by atoms with E-state index in [-0.39, 0.29) is 29.9 Å². The van der Waals surface area contributed by atoms with Crippen LogP contribution in [0.1, 0.15) is 16.6 Å². The molecule has 1 atom stereocenters. The fourth-order valence-electron chi connectivity index (χ4n) is 3.43. The number of benzene rings is 1. The molecule has 2 heterocycles. The van der Waals surface area contributed by atoms with Crippen molar-refractivity contribution >= 4 is 44.9 Å². The predicted molar refractivity (Wildman–Crippen MR) is 134 cm³/mol. The summed E-state index contributed by atoms with van der Waals surface area (Å²) in [5.74, 6) is -0.207. The molecular formula is C24H23BrN2O7S. The van der Waals surface area contributed by atoms with Gasteiger partial charge in [-0.05, 0) is 52.2 Å². The third-order valence-electron chi connectivity index (χ3n) is 5.13. The Balaban J connectivity index is 1.53. The van der Waals surface area contributed by atoms with Crippen LogP contribution in [-0.4, -0.2) is 62.7 Å². The fourth-order valence-corrected chi connectivity index (χ4v) is 5.40. The van der Waals surface area contributed by atoms with E-state index in [4.69, 9.17) is 23.9 Å². The molecule has 184 valence electrons. The number of ether oxygens (including phenoxy) is 4. The highest BCUT2D eigenvalue weighted by molar-refractivity contribution is 9.10. The van der Waals surface area contributed by atoms with E-state index in [1.54, 1.807) is 12.0 Å². The fraction of sp³-hybridized carbons (Fsp3) is 0.292. The van der Waals surface area contributed by atoms with Gasteiger partial charge in [0.05, 0.1) is 23.1 Å². The van der Waals surface area contributed by atoms with Crippen molar-refractivity contribution in [3.63, 3.8) is 0 Å². The van der Waals surface area contributed by atoms with Crippen LogP contribution in [0.25, 0.3) is 10.4 Å². The van der Waals surface area contributed by atoms with Gasteiger partial charge in [-0.15, -0.1) is 16.4 Å². The Morgan fingerprint density at radius 3 is 2.86 bits per heavy atom. The zero-order valence-electron chi connectivity index (χ0n) is 19.3. The van der Waals surface area contributed by atoms with E-state index in [2.05, 4.69) is 21.1 Å². The molecule has 0 spiro atoms. The molecule has 2 aliphatic rings. The van der Waals surface area contributed by atoms with Crippen LogP contribution in [0, 0.1) is 0 Å². The van der Waals surface area contributed by atoms with Crippen molar-refractivity contribution in [2.24, 2.45) is 5.16 Å². The van der Waals surface area contributed by atoms with E-state index in [9.17, 15) is 9.59 Å². The molecular weight excluding hydrogens is 540 g/mol. The Labute approximate surface area is 214 Å². The van der Waals surface area contributed by atoms with Gasteiger partial charge in [0.25, 0.3) is 0 Å². The minimum absolute atomic E-state index is 0.0308. The van der Waals surface area contributed by atoms with Crippen LogP contribution in [0.5, 0.6) is 11.5 Å². The highest BCUT2D eigenvalue weighted by atomic mass is 79.9. The van der Waals surface area contributed by atoms with Crippen molar-refractivity contribution in [2.75, 3.05) is 34.0 Å². The third-order valence-corrected chi connectivity index (χ3v) is 7.35. The molecule has 9 nitrogen and oxygen atoms in total. The number of carbonyl (C=O) groups excluding carboxylic acids is 2. The highest BCUT2D eigenvalue weighted by Crippen LogP contribution is 2.46. The Bertz CT molecular complexity index is 1220. The van der Waals surface area contributed by atoms with Crippen molar-refractivity contribution < 1.29 is 33.5 Å². The van der Waals surface area contributed by atoms with Gasteiger partial charge in [-0.1, -0.05) is 29.4 Å². The van der Waals surface area contributed by atoms with Crippen molar-refractivity contribution in [2.45, 2.75) is 13.0 Å². The summed E-state index contributed by atoms with van der Waals surface area (Å²) in [7, 11) is 3.11. The van der Waals surface area contributed by atoms with Crippen molar-refractivity contribution in [3.05, 3.63) is 57.4 Å². The van der Waals surface area contributed by atoms with Crippen LogP contribution in [0.15, 0.2) is 57.7 Å². The summed E-state index contributed by atoms with van der Waals surface area (Å²) in [6, 6.07) is 7.46. The van der Waals surface area contributed by atoms with Crippen LogP contribution >= 0.6 is 27.3 Å². The number of rotatable bonds is 9. The number of methoxy groups -OCH3 is 1. The number of thiophene rings is 1. The van der Waals surface area contributed by atoms with Gasteiger partial charge in [0.2, 0.25) is 0 Å². The number of hydrogen-bond acceptors (Lipinski definition) is 10. The summed E-state index contributed by atoms with van der Waals surface area (Å²) in [4.78, 5) is 30.3. The monoisotopic (exact) mass is 562 g/mol. The summed E-state index contributed by atoms with van der Waals surface area (Å²) < 4.78 is 22.0. The Morgan fingerprint density at radius 1 is 1.26 bits per heavy atom. The second-order valence-electron chi connectivity index (χ2n) is 7.47. The van der Waals surface area contributed by atoms with Gasteiger partial charge in [0, 0.05) is 7.05 Å². The molecule has 0 fully saturated rings. The molecule has 0 amide bonds. The number of halogens is 1. The molecule has 1 aromatic heterocycles. The highest BCUT2D eigenvalue weighted by Gasteiger charge is 2.28. The Kier molecular flexibility index (Phi) is 7.89. The van der Waals surface area contributed by atoms with Crippen LogP contribution in [0.3, 0.4) is 0 Å². The summed E-state index contributed by atoms with van der Waals surface area (Å²) in [5.41, 5.74) is 2.65. The molecule has 1 aliphatic carbocycles. The molecule has 0 saturated heterocycles. The van der Waals surface area contributed by atoms with Crippen LogP contribution < -0.4 is 9.47 Å². The number of likely N-dealkylation sites (N-methyl/N-ethyl adjacent to an activating group) is 1. The normalized spacial score (nSPS) is 16.6. The minimum Gasteiger partial charge on any atom is -0.489 e. The smallest absolute Gasteiger partial charge is 0.351 e. The van der Waals surface area contributed by atoms with Gasteiger partial charge >= 0.3 is 11.9 Å². The zero-order chi connectivity index (χ0) is 24.9. The molecule has 11 heteroatoms. The molecule has 35 heavy (non-hydrogen) atoms. The Hall–Kier alpha value is -3.15. The predicted octanol–water partition coefficient (Wildman–Crippen LogP) is 4.38. The van der Waals surface area contributed by atoms with E-state index in [1.165, 1.54) is 18.4 Å². The van der Waals surface area contributed by atoms with Gasteiger partial charge < -0.3 is 18.9 Å². The van der Waals surface area contributed by atoms with Crippen molar-refractivity contribution in [1.29, 1.82) is 0 Å². The maximum absolute atomic E-state index is 12.4. The van der Waals surface area contributed by atoms with Crippen molar-refractivity contribution in [3.8, 4) is 21.9 Å². The van der Waals surface area contributed by atoms with Crippen LogP contribution in [0.2, 0.25) is 0 Å². The van der Waals surface area contributed by atoms with Crippen LogP contribution in [-0.2, 0) is 19.2 Å². The SMILES string of the molecule is CCOC(=O)COc1c(C(=O)OC)sc(-c2cccc(OCC3=CC4C(=NON4C)C=C3)c2)c1Br. The lowest BCUT2D eigenvalue weighted by Crippen LogP contribution is -2.30. The lowest BCUT2D eigenvalue weighted by Gasteiger charge is -2.17. The first-order valence-electron chi connectivity index (χ1n) is 10.7. The first kappa shape index (κ1) is 25.0. The summed E-state index contributed by atoms with van der Waals surface area (Å²) >= 11 is 4.72. The van der Waals surface area contributed by atoms with Gasteiger partial charge in [-0.3, -0.25) is 4.94 Å². The number of hydroxylamine groups is 2. The molecule has 2 aromatic rings. The van der Waals surface area contributed by atoms with Gasteiger partial charge in [0.15, 0.2) is 17.2 Å². The van der Waals surface area contributed by atoms with Crippen LogP contribution in [0.4, 0.5) is 0 Å². The summed E-state index contributed by atoms with van der Waals surface area (Å²) in [5, 5.41) is 5.68. The van der Waals surface area contributed by atoms with Gasteiger partial charge in [-0.25, -0.2) is 9.59 Å². The van der Waals surface area contributed by atoms with E-state index in [0.29, 0.717) is 16.8 Å². The standard InChI is InChI=1S/C24H23BrN2O7S/c1-4-31-19(28)13-33-21-20(25)22(35-23(21)24(29)30-3)15-6-5-7-16(11-15)32-12-14-8-9-17-18(10-14)27(2)34-26-17/h5-11,18H,4,12-13H2,1-3H3. The summed E-state index contributed by atoms with van der Waals surface area (Å²) in [6.45, 7) is 1.98.